The molecule has 1 aliphatic rings. The molecule has 2 rings (SSSR count). The predicted molar refractivity (Wildman–Crippen MR) is 68.5 cm³/mol. The minimum absolute atomic E-state index is 0.251. The summed E-state index contributed by atoms with van der Waals surface area (Å²) in [7, 11) is 0. The molecule has 0 saturated carbocycles. The van der Waals surface area contributed by atoms with Crippen LogP contribution in [-0.4, -0.2) is 30.2 Å². The first-order chi connectivity index (χ1) is 9.18. The summed E-state index contributed by atoms with van der Waals surface area (Å²) >= 11 is 0. The fraction of sp³-hybridized carbons (Fsp3) is 0.429. The molecule has 1 aromatic carbocycles. The second-order valence-electron chi connectivity index (χ2n) is 4.60. The van der Waals surface area contributed by atoms with Crippen LogP contribution in [-0.2, 0) is 14.3 Å². The van der Waals surface area contributed by atoms with Gasteiger partial charge < -0.3 is 15.2 Å². The highest BCUT2D eigenvalue weighted by Gasteiger charge is 2.27. The van der Waals surface area contributed by atoms with E-state index < -0.39 is 12.0 Å². The summed E-state index contributed by atoms with van der Waals surface area (Å²) in [6.45, 7) is 1.04. The van der Waals surface area contributed by atoms with Gasteiger partial charge in [0, 0.05) is 6.61 Å². The van der Waals surface area contributed by atoms with Crippen molar-refractivity contribution in [2.75, 3.05) is 13.2 Å². The molecule has 0 aliphatic carbocycles. The van der Waals surface area contributed by atoms with Gasteiger partial charge in [-0.05, 0) is 18.4 Å². The molecule has 102 valence electrons. The second-order valence-corrected chi connectivity index (χ2v) is 4.60. The minimum atomic E-state index is -1.06. The SMILES string of the molecule is O=C(N[C@@H](C(=O)O)c1ccccc1)C1CCCOC1. The molecule has 1 aromatic rings. The smallest absolute Gasteiger partial charge is 0.330 e. The highest BCUT2D eigenvalue weighted by atomic mass is 16.5. The molecule has 1 unspecified atom stereocenters. The van der Waals surface area contributed by atoms with Gasteiger partial charge in [-0.15, -0.1) is 0 Å². The Balaban J connectivity index is 2.04. The Morgan fingerprint density at radius 2 is 2.05 bits per heavy atom. The van der Waals surface area contributed by atoms with E-state index in [9.17, 15) is 14.7 Å². The maximum absolute atomic E-state index is 12.0. The van der Waals surface area contributed by atoms with Gasteiger partial charge in [-0.25, -0.2) is 4.79 Å². The third-order valence-electron chi connectivity index (χ3n) is 3.20. The maximum Gasteiger partial charge on any atom is 0.330 e. The molecule has 1 amide bonds. The largest absolute Gasteiger partial charge is 0.479 e. The van der Waals surface area contributed by atoms with Crippen molar-refractivity contribution >= 4 is 11.9 Å². The fourth-order valence-electron chi connectivity index (χ4n) is 2.14. The normalized spacial score (nSPS) is 20.5. The van der Waals surface area contributed by atoms with Gasteiger partial charge in [-0.3, -0.25) is 4.79 Å². The second kappa shape index (κ2) is 6.33. The lowest BCUT2D eigenvalue weighted by molar-refractivity contribution is -0.143. The molecule has 2 N–H and O–H groups in total. The van der Waals surface area contributed by atoms with Crippen LogP contribution in [0.15, 0.2) is 30.3 Å². The number of carboxylic acid groups (broad SMARTS) is 1. The first-order valence-corrected chi connectivity index (χ1v) is 6.34. The Kier molecular flexibility index (Phi) is 4.52. The van der Waals surface area contributed by atoms with Crippen LogP contribution in [0.2, 0.25) is 0 Å². The van der Waals surface area contributed by atoms with Gasteiger partial charge in [0.1, 0.15) is 0 Å². The number of amides is 1. The van der Waals surface area contributed by atoms with Gasteiger partial charge in [0.2, 0.25) is 5.91 Å². The van der Waals surface area contributed by atoms with Crippen LogP contribution in [0.3, 0.4) is 0 Å². The van der Waals surface area contributed by atoms with E-state index >= 15 is 0 Å². The Hall–Kier alpha value is -1.88. The van der Waals surface area contributed by atoms with Crippen molar-refractivity contribution in [3.05, 3.63) is 35.9 Å². The van der Waals surface area contributed by atoms with Gasteiger partial charge in [0.05, 0.1) is 12.5 Å². The van der Waals surface area contributed by atoms with E-state index in [2.05, 4.69) is 5.32 Å². The van der Waals surface area contributed by atoms with Crippen LogP contribution in [0.5, 0.6) is 0 Å². The Bertz CT molecular complexity index is 440. The van der Waals surface area contributed by atoms with Crippen LogP contribution in [0, 0.1) is 5.92 Å². The molecule has 0 aromatic heterocycles. The molecule has 1 saturated heterocycles. The number of carboxylic acids is 1. The first-order valence-electron chi connectivity index (χ1n) is 6.34. The minimum Gasteiger partial charge on any atom is -0.479 e. The quantitative estimate of drug-likeness (QED) is 0.860. The zero-order valence-corrected chi connectivity index (χ0v) is 10.5. The van der Waals surface area contributed by atoms with Crippen molar-refractivity contribution in [1.82, 2.24) is 5.32 Å². The van der Waals surface area contributed by atoms with E-state index in [0.29, 0.717) is 18.8 Å². The standard InChI is InChI=1S/C14H17NO4/c16-13(11-7-4-8-19-9-11)15-12(14(17)18)10-5-2-1-3-6-10/h1-3,5-6,11-12H,4,7-9H2,(H,15,16)(H,17,18)/t11?,12-/m1/s1. The molecule has 0 radical (unpaired) electrons. The number of rotatable bonds is 4. The van der Waals surface area contributed by atoms with E-state index in [4.69, 9.17) is 4.74 Å². The van der Waals surface area contributed by atoms with Crippen molar-refractivity contribution in [1.29, 1.82) is 0 Å². The Morgan fingerprint density at radius 3 is 2.63 bits per heavy atom. The summed E-state index contributed by atoms with van der Waals surface area (Å²) in [6, 6.07) is 7.68. The van der Waals surface area contributed by atoms with E-state index in [-0.39, 0.29) is 11.8 Å². The molecule has 1 aliphatic heterocycles. The molecule has 2 atom stereocenters. The Morgan fingerprint density at radius 1 is 1.32 bits per heavy atom. The number of hydrogen-bond acceptors (Lipinski definition) is 3. The number of carbonyl (C=O) groups excluding carboxylic acids is 1. The van der Waals surface area contributed by atoms with Crippen LogP contribution < -0.4 is 5.32 Å². The van der Waals surface area contributed by atoms with Crippen molar-refractivity contribution in [2.24, 2.45) is 5.92 Å². The summed E-state index contributed by atoms with van der Waals surface area (Å²) in [5, 5.41) is 11.8. The zero-order chi connectivity index (χ0) is 13.7. The van der Waals surface area contributed by atoms with Crippen molar-refractivity contribution in [2.45, 2.75) is 18.9 Å². The number of nitrogens with one attached hydrogen (secondary N) is 1. The van der Waals surface area contributed by atoms with E-state index in [1.165, 1.54) is 0 Å². The van der Waals surface area contributed by atoms with Crippen molar-refractivity contribution in [3.63, 3.8) is 0 Å². The summed E-state index contributed by atoms with van der Waals surface area (Å²) in [5.41, 5.74) is 0.570. The molecule has 0 spiro atoms. The predicted octanol–water partition coefficient (Wildman–Crippen LogP) is 1.36. The molecule has 5 heteroatoms. The number of aliphatic carboxylic acids is 1. The number of benzene rings is 1. The highest BCUT2D eigenvalue weighted by molar-refractivity contribution is 5.85. The number of carbonyl (C=O) groups is 2. The summed E-state index contributed by atoms with van der Waals surface area (Å²) in [4.78, 5) is 23.3. The lowest BCUT2D eigenvalue weighted by Crippen LogP contribution is -2.40. The number of hydrogen-bond donors (Lipinski definition) is 2. The Labute approximate surface area is 111 Å². The molecule has 1 fully saturated rings. The third-order valence-corrected chi connectivity index (χ3v) is 3.20. The molecule has 0 bridgehead atoms. The molecule has 19 heavy (non-hydrogen) atoms. The summed E-state index contributed by atoms with van der Waals surface area (Å²) in [6.07, 6.45) is 1.58. The molecule has 1 heterocycles. The van der Waals surface area contributed by atoms with Crippen LogP contribution in [0.25, 0.3) is 0 Å². The van der Waals surface area contributed by atoms with Gasteiger partial charge in [0.25, 0.3) is 0 Å². The average Bonchev–Trinajstić information content (AvgIpc) is 2.46. The molecular weight excluding hydrogens is 246 g/mol. The van der Waals surface area contributed by atoms with Crippen LogP contribution in [0.4, 0.5) is 0 Å². The highest BCUT2D eigenvalue weighted by Crippen LogP contribution is 2.17. The summed E-state index contributed by atoms with van der Waals surface area (Å²) in [5.74, 6) is -1.56. The maximum atomic E-state index is 12.0. The van der Waals surface area contributed by atoms with Gasteiger partial charge in [-0.2, -0.15) is 0 Å². The topological polar surface area (TPSA) is 75.6 Å². The van der Waals surface area contributed by atoms with E-state index in [0.717, 1.165) is 12.8 Å². The lowest BCUT2D eigenvalue weighted by atomic mass is 10.00. The van der Waals surface area contributed by atoms with Crippen LogP contribution >= 0.6 is 0 Å². The van der Waals surface area contributed by atoms with E-state index in [1.54, 1.807) is 30.3 Å². The van der Waals surface area contributed by atoms with Gasteiger partial charge in [0.15, 0.2) is 6.04 Å². The monoisotopic (exact) mass is 263 g/mol. The fourth-order valence-corrected chi connectivity index (χ4v) is 2.14. The van der Waals surface area contributed by atoms with Gasteiger partial charge in [-0.1, -0.05) is 30.3 Å². The molecular formula is C14H17NO4. The van der Waals surface area contributed by atoms with Gasteiger partial charge >= 0.3 is 5.97 Å². The third kappa shape index (κ3) is 3.54. The first kappa shape index (κ1) is 13.5. The van der Waals surface area contributed by atoms with E-state index in [1.807, 2.05) is 0 Å². The summed E-state index contributed by atoms with van der Waals surface area (Å²) < 4.78 is 5.24. The van der Waals surface area contributed by atoms with Crippen molar-refractivity contribution in [3.8, 4) is 0 Å². The average molecular weight is 263 g/mol. The lowest BCUT2D eigenvalue weighted by Gasteiger charge is -2.23. The van der Waals surface area contributed by atoms with Crippen molar-refractivity contribution < 1.29 is 19.4 Å². The van der Waals surface area contributed by atoms with Crippen LogP contribution in [0.1, 0.15) is 24.4 Å². The number of ether oxygens (including phenoxy) is 1. The molecule has 5 nitrogen and oxygen atoms in total. The zero-order valence-electron chi connectivity index (χ0n) is 10.5.